The van der Waals surface area contributed by atoms with E-state index in [1.807, 2.05) is 18.2 Å². The van der Waals surface area contributed by atoms with Gasteiger partial charge in [-0.3, -0.25) is 4.79 Å². The largest absolute Gasteiger partial charge is 0.399 e. The maximum atomic E-state index is 11.9. The van der Waals surface area contributed by atoms with Gasteiger partial charge < -0.3 is 11.1 Å². The summed E-state index contributed by atoms with van der Waals surface area (Å²) in [5, 5.41) is 2.86. The van der Waals surface area contributed by atoms with Crippen LogP contribution >= 0.6 is 27.7 Å². The van der Waals surface area contributed by atoms with Gasteiger partial charge in [0.1, 0.15) is 0 Å². The zero-order chi connectivity index (χ0) is 14.4. The highest BCUT2D eigenvalue weighted by atomic mass is 79.9. The summed E-state index contributed by atoms with van der Waals surface area (Å²) in [7, 11) is 0. The number of nitrogens with two attached hydrogens (primary N) is 1. The lowest BCUT2D eigenvalue weighted by Gasteiger charge is -2.08. The molecular formula is C15H15BrN2OS. The molecule has 0 aliphatic carbocycles. The minimum Gasteiger partial charge on any atom is -0.399 e. The van der Waals surface area contributed by atoms with Crippen molar-refractivity contribution < 1.29 is 4.79 Å². The number of carbonyl (C=O) groups is 1. The molecule has 3 nitrogen and oxygen atoms in total. The van der Waals surface area contributed by atoms with Crippen LogP contribution in [-0.4, -0.2) is 11.7 Å². The summed E-state index contributed by atoms with van der Waals surface area (Å²) in [5.74, 6) is 1.24. The Kier molecular flexibility index (Phi) is 5.49. The van der Waals surface area contributed by atoms with Crippen LogP contribution in [0.25, 0.3) is 0 Å². The van der Waals surface area contributed by atoms with E-state index in [0.717, 1.165) is 15.9 Å². The van der Waals surface area contributed by atoms with Gasteiger partial charge in [0.25, 0.3) is 0 Å². The maximum Gasteiger partial charge on any atom is 0.234 e. The second-order valence-electron chi connectivity index (χ2n) is 4.27. The number of rotatable bonds is 5. The third kappa shape index (κ3) is 4.58. The first-order valence-corrected chi connectivity index (χ1v) is 8.06. The predicted octanol–water partition coefficient (Wildman–Crippen LogP) is 3.90. The molecule has 104 valence electrons. The molecule has 0 saturated heterocycles. The normalized spacial score (nSPS) is 10.2. The Bertz CT molecular complexity index is 590. The third-order valence-corrected chi connectivity index (χ3v) is 4.27. The first kappa shape index (κ1) is 14.9. The molecule has 1 amide bonds. The van der Waals surface area contributed by atoms with Gasteiger partial charge in [0.05, 0.1) is 11.4 Å². The summed E-state index contributed by atoms with van der Waals surface area (Å²) in [5.41, 5.74) is 8.28. The SMILES string of the molecule is Nc1ccc(NC(=O)CSCc2ccccc2)c(Br)c1. The summed E-state index contributed by atoms with van der Waals surface area (Å²) in [4.78, 5) is 11.9. The molecule has 5 heteroatoms. The van der Waals surface area contributed by atoms with Crippen molar-refractivity contribution in [3.8, 4) is 0 Å². The number of nitrogens with one attached hydrogen (secondary N) is 1. The van der Waals surface area contributed by atoms with E-state index in [-0.39, 0.29) is 5.91 Å². The van der Waals surface area contributed by atoms with E-state index < -0.39 is 0 Å². The fraction of sp³-hybridized carbons (Fsp3) is 0.133. The average Bonchev–Trinajstić information content (AvgIpc) is 2.43. The van der Waals surface area contributed by atoms with Crippen molar-refractivity contribution in [1.82, 2.24) is 0 Å². The molecule has 0 fully saturated rings. The number of nitrogen functional groups attached to an aromatic ring is 1. The van der Waals surface area contributed by atoms with Crippen molar-refractivity contribution in [1.29, 1.82) is 0 Å². The summed E-state index contributed by atoms with van der Waals surface area (Å²) in [6, 6.07) is 15.4. The van der Waals surface area contributed by atoms with Crippen LogP contribution in [0.5, 0.6) is 0 Å². The van der Waals surface area contributed by atoms with E-state index in [0.29, 0.717) is 11.4 Å². The Morgan fingerprint density at radius 1 is 1.20 bits per heavy atom. The van der Waals surface area contributed by atoms with Gasteiger partial charge in [-0.1, -0.05) is 30.3 Å². The highest BCUT2D eigenvalue weighted by molar-refractivity contribution is 9.10. The van der Waals surface area contributed by atoms with Crippen LogP contribution in [0, 0.1) is 0 Å². The van der Waals surface area contributed by atoms with Crippen LogP contribution in [0.15, 0.2) is 53.0 Å². The highest BCUT2D eigenvalue weighted by Crippen LogP contribution is 2.24. The van der Waals surface area contributed by atoms with Crippen molar-refractivity contribution in [3.05, 3.63) is 58.6 Å². The molecule has 0 aliphatic rings. The van der Waals surface area contributed by atoms with Crippen LogP contribution in [0.3, 0.4) is 0 Å². The number of benzene rings is 2. The van der Waals surface area contributed by atoms with Crippen molar-refractivity contribution in [3.63, 3.8) is 0 Å². The Labute approximate surface area is 131 Å². The Hall–Kier alpha value is -1.46. The van der Waals surface area contributed by atoms with Crippen molar-refractivity contribution in [2.45, 2.75) is 5.75 Å². The molecular weight excluding hydrogens is 336 g/mol. The quantitative estimate of drug-likeness (QED) is 0.804. The molecule has 3 N–H and O–H groups in total. The number of carbonyl (C=O) groups excluding carboxylic acids is 1. The molecule has 0 radical (unpaired) electrons. The minimum atomic E-state index is -0.0172. The first-order chi connectivity index (χ1) is 9.65. The fourth-order valence-electron chi connectivity index (χ4n) is 1.65. The standard InChI is InChI=1S/C15H15BrN2OS/c16-13-8-12(17)6-7-14(13)18-15(19)10-20-9-11-4-2-1-3-5-11/h1-8H,9-10,17H2,(H,18,19). The molecule has 0 spiro atoms. The smallest absolute Gasteiger partial charge is 0.234 e. The highest BCUT2D eigenvalue weighted by Gasteiger charge is 2.06. The van der Waals surface area contributed by atoms with Gasteiger partial charge in [-0.05, 0) is 39.7 Å². The molecule has 0 heterocycles. The van der Waals surface area contributed by atoms with Crippen LogP contribution in [0.4, 0.5) is 11.4 Å². The van der Waals surface area contributed by atoms with Crippen molar-refractivity contribution >= 4 is 45.0 Å². The van der Waals surface area contributed by atoms with Gasteiger partial charge in [0, 0.05) is 15.9 Å². The lowest BCUT2D eigenvalue weighted by Crippen LogP contribution is -2.14. The molecule has 0 bridgehead atoms. The molecule has 2 aromatic carbocycles. The van der Waals surface area contributed by atoms with Gasteiger partial charge in [-0.2, -0.15) is 0 Å². The predicted molar refractivity (Wildman–Crippen MR) is 89.8 cm³/mol. The first-order valence-electron chi connectivity index (χ1n) is 6.11. The number of halogens is 1. The molecule has 0 unspecified atom stereocenters. The number of amides is 1. The van der Waals surface area contributed by atoms with Gasteiger partial charge in [-0.25, -0.2) is 0 Å². The lowest BCUT2D eigenvalue weighted by atomic mass is 10.2. The molecule has 0 atom stereocenters. The van der Waals surface area contributed by atoms with Gasteiger partial charge >= 0.3 is 0 Å². The molecule has 20 heavy (non-hydrogen) atoms. The summed E-state index contributed by atoms with van der Waals surface area (Å²) >= 11 is 4.97. The summed E-state index contributed by atoms with van der Waals surface area (Å²) in [6.07, 6.45) is 0. The second kappa shape index (κ2) is 7.36. The molecule has 2 aromatic rings. The molecule has 0 saturated carbocycles. The molecule has 0 aliphatic heterocycles. The lowest BCUT2D eigenvalue weighted by molar-refractivity contribution is -0.113. The topological polar surface area (TPSA) is 55.1 Å². The van der Waals surface area contributed by atoms with Crippen LogP contribution < -0.4 is 11.1 Å². The van der Waals surface area contributed by atoms with Gasteiger partial charge in [-0.15, -0.1) is 11.8 Å². The fourth-order valence-corrected chi connectivity index (χ4v) is 2.94. The Morgan fingerprint density at radius 2 is 1.95 bits per heavy atom. The van der Waals surface area contributed by atoms with E-state index >= 15 is 0 Å². The summed E-state index contributed by atoms with van der Waals surface area (Å²) in [6.45, 7) is 0. The van der Waals surface area contributed by atoms with Gasteiger partial charge in [0.15, 0.2) is 0 Å². The maximum absolute atomic E-state index is 11.9. The minimum absolute atomic E-state index is 0.0172. The van der Waals surface area contributed by atoms with E-state index in [1.54, 1.807) is 30.0 Å². The summed E-state index contributed by atoms with van der Waals surface area (Å²) < 4.78 is 0.791. The average molecular weight is 351 g/mol. The monoisotopic (exact) mass is 350 g/mol. The van der Waals surface area contributed by atoms with Crippen molar-refractivity contribution in [2.24, 2.45) is 0 Å². The molecule has 0 aromatic heterocycles. The van der Waals surface area contributed by atoms with Crippen LogP contribution in [0.2, 0.25) is 0 Å². The Morgan fingerprint density at radius 3 is 2.65 bits per heavy atom. The number of anilines is 2. The number of hydrogen-bond acceptors (Lipinski definition) is 3. The number of thioether (sulfide) groups is 1. The van der Waals surface area contributed by atoms with E-state index in [1.165, 1.54) is 5.56 Å². The van der Waals surface area contributed by atoms with Crippen molar-refractivity contribution in [2.75, 3.05) is 16.8 Å². The molecule has 2 rings (SSSR count). The van der Waals surface area contributed by atoms with E-state index in [4.69, 9.17) is 5.73 Å². The van der Waals surface area contributed by atoms with Gasteiger partial charge in [0.2, 0.25) is 5.91 Å². The van der Waals surface area contributed by atoms with E-state index in [9.17, 15) is 4.79 Å². The van der Waals surface area contributed by atoms with Crippen LogP contribution in [-0.2, 0) is 10.5 Å². The zero-order valence-electron chi connectivity index (χ0n) is 10.8. The zero-order valence-corrected chi connectivity index (χ0v) is 13.2. The van der Waals surface area contributed by atoms with E-state index in [2.05, 4.69) is 33.4 Å². The number of hydrogen-bond donors (Lipinski definition) is 2. The third-order valence-electron chi connectivity index (χ3n) is 2.61. The Balaban J connectivity index is 1.81. The van der Waals surface area contributed by atoms with Crippen LogP contribution in [0.1, 0.15) is 5.56 Å². The second-order valence-corrected chi connectivity index (χ2v) is 6.11.